The van der Waals surface area contributed by atoms with E-state index >= 15 is 0 Å². The van der Waals surface area contributed by atoms with Crippen LogP contribution >= 0.6 is 0 Å². The van der Waals surface area contributed by atoms with Gasteiger partial charge in [0.2, 0.25) is 5.91 Å². The van der Waals surface area contributed by atoms with Crippen molar-refractivity contribution in [3.63, 3.8) is 0 Å². The topological polar surface area (TPSA) is 95.9 Å². The largest absolute Gasteiger partial charge is 0.480 e. The second kappa shape index (κ2) is 9.26. The van der Waals surface area contributed by atoms with E-state index in [0.717, 1.165) is 35.1 Å². The Labute approximate surface area is 186 Å². The molecule has 2 aromatic rings. The number of carboxylic acids is 1. The molecule has 0 radical (unpaired) electrons. The molecule has 2 N–H and O–H groups in total. The number of amides is 2. The van der Waals surface area contributed by atoms with Crippen LogP contribution < -0.4 is 5.32 Å². The summed E-state index contributed by atoms with van der Waals surface area (Å²) in [5, 5.41) is 11.8. The molecule has 32 heavy (non-hydrogen) atoms. The zero-order chi connectivity index (χ0) is 22.7. The number of fused-ring (bicyclic) bond motifs is 3. The Kier molecular flexibility index (Phi) is 6.25. The molecule has 7 heteroatoms. The zero-order valence-electron chi connectivity index (χ0n) is 17.9. The molecule has 7 nitrogen and oxygen atoms in total. The van der Waals surface area contributed by atoms with Gasteiger partial charge in [0.05, 0.1) is 0 Å². The van der Waals surface area contributed by atoms with E-state index in [2.05, 4.69) is 29.6 Å². The maximum absolute atomic E-state index is 12.4. The van der Waals surface area contributed by atoms with Gasteiger partial charge in [0, 0.05) is 24.6 Å². The van der Waals surface area contributed by atoms with Crippen molar-refractivity contribution in [2.45, 2.75) is 37.8 Å². The maximum Gasteiger partial charge on any atom is 0.407 e. The van der Waals surface area contributed by atoms with Gasteiger partial charge in [-0.2, -0.15) is 0 Å². The molecule has 2 aliphatic rings. The van der Waals surface area contributed by atoms with Crippen LogP contribution in [0.25, 0.3) is 11.1 Å². The number of carbonyl (C=O) groups is 3. The summed E-state index contributed by atoms with van der Waals surface area (Å²) in [6, 6.07) is 15.3. The highest BCUT2D eigenvalue weighted by Gasteiger charge is 2.37. The molecule has 2 aromatic carbocycles. The zero-order valence-corrected chi connectivity index (χ0v) is 17.9. The lowest BCUT2D eigenvalue weighted by Gasteiger charge is -2.25. The fourth-order valence-electron chi connectivity index (χ4n) is 4.20. The number of aliphatic carboxylic acids is 1. The van der Waals surface area contributed by atoms with Gasteiger partial charge < -0.3 is 20.1 Å². The highest BCUT2D eigenvalue weighted by Crippen LogP contribution is 2.44. The quantitative estimate of drug-likeness (QED) is 0.620. The standard InChI is InChI=1S/C25H26N2O5/c1-16(24(29)30)27(17-12-13-17)23(28)11-6-14-26-25(31)32-15-22-20-9-4-2-7-18(20)19-8-3-5-10-21(19)22/h2-11,16-17,22H,12-15H2,1H3,(H,26,31)(H,29,30)/b11-6+. The van der Waals surface area contributed by atoms with Gasteiger partial charge in [-0.3, -0.25) is 4.79 Å². The van der Waals surface area contributed by atoms with Crippen LogP contribution in [0.5, 0.6) is 0 Å². The number of carbonyl (C=O) groups excluding carboxylic acids is 2. The van der Waals surface area contributed by atoms with Crippen LogP contribution in [-0.2, 0) is 14.3 Å². The maximum atomic E-state index is 12.4. The number of hydrogen-bond donors (Lipinski definition) is 2. The Morgan fingerprint density at radius 2 is 1.69 bits per heavy atom. The summed E-state index contributed by atoms with van der Waals surface area (Å²) in [7, 11) is 0. The predicted molar refractivity (Wildman–Crippen MR) is 119 cm³/mol. The molecule has 0 spiro atoms. The minimum atomic E-state index is -1.03. The summed E-state index contributed by atoms with van der Waals surface area (Å²) in [4.78, 5) is 37.2. The molecule has 1 unspecified atom stereocenters. The molecule has 0 aliphatic heterocycles. The molecule has 2 aliphatic carbocycles. The van der Waals surface area contributed by atoms with Crippen molar-refractivity contribution >= 4 is 18.0 Å². The molecular formula is C25H26N2O5. The van der Waals surface area contributed by atoms with Gasteiger partial charge in [0.25, 0.3) is 0 Å². The SMILES string of the molecule is CC(C(=O)O)N(C(=O)/C=C/CNC(=O)OCC1c2ccccc2-c2ccccc21)C1CC1. The molecule has 0 aromatic heterocycles. The number of carboxylic acid groups (broad SMARTS) is 1. The minimum absolute atomic E-state index is 0.0186. The highest BCUT2D eigenvalue weighted by molar-refractivity contribution is 5.91. The summed E-state index contributed by atoms with van der Waals surface area (Å²) in [6.45, 7) is 1.83. The van der Waals surface area contributed by atoms with E-state index < -0.39 is 18.1 Å². The van der Waals surface area contributed by atoms with E-state index in [1.807, 2.05) is 24.3 Å². The van der Waals surface area contributed by atoms with Crippen molar-refractivity contribution in [1.29, 1.82) is 0 Å². The van der Waals surface area contributed by atoms with E-state index in [9.17, 15) is 19.5 Å². The normalized spacial score (nSPS) is 15.7. The van der Waals surface area contributed by atoms with Gasteiger partial charge in [-0.15, -0.1) is 0 Å². The van der Waals surface area contributed by atoms with Crippen molar-refractivity contribution < 1.29 is 24.2 Å². The smallest absolute Gasteiger partial charge is 0.407 e. The first-order chi connectivity index (χ1) is 15.5. The summed E-state index contributed by atoms with van der Waals surface area (Å²) in [6.07, 6.45) is 3.88. The molecule has 0 heterocycles. The van der Waals surface area contributed by atoms with Crippen molar-refractivity contribution in [3.8, 4) is 11.1 Å². The second-order valence-corrected chi connectivity index (χ2v) is 8.10. The third-order valence-corrected chi connectivity index (χ3v) is 5.94. The van der Waals surface area contributed by atoms with Gasteiger partial charge in [-0.1, -0.05) is 54.6 Å². The monoisotopic (exact) mass is 434 g/mol. The molecule has 1 saturated carbocycles. The van der Waals surface area contributed by atoms with Crippen LogP contribution in [0, 0.1) is 0 Å². The summed E-state index contributed by atoms with van der Waals surface area (Å²) >= 11 is 0. The van der Waals surface area contributed by atoms with E-state index in [1.54, 1.807) is 0 Å². The van der Waals surface area contributed by atoms with Crippen LogP contribution in [0.1, 0.15) is 36.8 Å². The van der Waals surface area contributed by atoms with Crippen molar-refractivity contribution in [2.24, 2.45) is 0 Å². The van der Waals surface area contributed by atoms with E-state index in [-0.39, 0.29) is 31.0 Å². The van der Waals surface area contributed by atoms with Crippen LogP contribution in [0.4, 0.5) is 4.79 Å². The van der Waals surface area contributed by atoms with E-state index in [1.165, 1.54) is 24.0 Å². The van der Waals surface area contributed by atoms with Gasteiger partial charge in [-0.25, -0.2) is 9.59 Å². The lowest BCUT2D eigenvalue weighted by molar-refractivity contribution is -0.148. The highest BCUT2D eigenvalue weighted by atomic mass is 16.5. The number of alkyl carbamates (subject to hydrolysis) is 1. The molecule has 166 valence electrons. The molecule has 1 atom stereocenters. The lowest BCUT2D eigenvalue weighted by Crippen LogP contribution is -2.44. The number of nitrogens with one attached hydrogen (secondary N) is 1. The second-order valence-electron chi connectivity index (χ2n) is 8.10. The van der Waals surface area contributed by atoms with Crippen molar-refractivity contribution in [3.05, 3.63) is 71.8 Å². The summed E-state index contributed by atoms with van der Waals surface area (Å²) < 4.78 is 5.46. The summed E-state index contributed by atoms with van der Waals surface area (Å²) in [5.41, 5.74) is 4.60. The first kappa shape index (κ1) is 21.6. The first-order valence-electron chi connectivity index (χ1n) is 10.8. The fourth-order valence-corrected chi connectivity index (χ4v) is 4.20. The summed E-state index contributed by atoms with van der Waals surface area (Å²) in [5.74, 6) is -1.41. The van der Waals surface area contributed by atoms with E-state index in [0.29, 0.717) is 0 Å². The Morgan fingerprint density at radius 1 is 1.09 bits per heavy atom. The molecule has 1 fully saturated rings. The number of benzene rings is 2. The molecular weight excluding hydrogens is 408 g/mol. The number of hydrogen-bond acceptors (Lipinski definition) is 4. The van der Waals surface area contributed by atoms with Gasteiger partial charge in [0.1, 0.15) is 12.6 Å². The lowest BCUT2D eigenvalue weighted by atomic mass is 9.98. The van der Waals surface area contributed by atoms with Gasteiger partial charge >= 0.3 is 12.1 Å². The third-order valence-electron chi connectivity index (χ3n) is 5.94. The van der Waals surface area contributed by atoms with Crippen LogP contribution in [0.3, 0.4) is 0 Å². The Morgan fingerprint density at radius 3 is 2.25 bits per heavy atom. The molecule has 4 rings (SSSR count). The van der Waals surface area contributed by atoms with Gasteiger partial charge in [-0.05, 0) is 42.0 Å². The fraction of sp³-hybridized carbons (Fsp3) is 0.320. The van der Waals surface area contributed by atoms with Gasteiger partial charge in [0.15, 0.2) is 0 Å². The minimum Gasteiger partial charge on any atom is -0.480 e. The van der Waals surface area contributed by atoms with Crippen LogP contribution in [0.2, 0.25) is 0 Å². The predicted octanol–water partition coefficient (Wildman–Crippen LogP) is 3.55. The van der Waals surface area contributed by atoms with Crippen molar-refractivity contribution in [2.75, 3.05) is 13.2 Å². The van der Waals surface area contributed by atoms with E-state index in [4.69, 9.17) is 4.74 Å². The Bertz CT molecular complexity index is 1010. The number of nitrogens with zero attached hydrogens (tertiary/aromatic N) is 1. The Hall–Kier alpha value is -3.61. The average molecular weight is 434 g/mol. The van der Waals surface area contributed by atoms with Crippen LogP contribution in [-0.4, -0.2) is 53.2 Å². The Balaban J connectivity index is 1.29. The van der Waals surface area contributed by atoms with Crippen molar-refractivity contribution in [1.82, 2.24) is 10.2 Å². The molecule has 2 amide bonds. The molecule has 0 saturated heterocycles. The average Bonchev–Trinajstić information content (AvgIpc) is 3.57. The van der Waals surface area contributed by atoms with Crippen LogP contribution in [0.15, 0.2) is 60.7 Å². The first-order valence-corrected chi connectivity index (χ1v) is 10.8. The number of ether oxygens (including phenoxy) is 1. The molecule has 0 bridgehead atoms. The number of rotatable bonds is 8. The third kappa shape index (κ3) is 4.51.